The average molecular weight is 272 g/mol. The smallest absolute Gasteiger partial charge is 0.307 e. The van der Waals surface area contributed by atoms with Crippen LogP contribution in [0.3, 0.4) is 0 Å². The van der Waals surface area contributed by atoms with Gasteiger partial charge in [0.05, 0.1) is 9.83 Å². The third-order valence-electron chi connectivity index (χ3n) is 1.71. The van der Waals surface area contributed by atoms with Gasteiger partial charge in [0.15, 0.2) is 0 Å². The number of carbonyl (C=O) groups is 1. The molecule has 1 saturated heterocycles. The molecule has 0 saturated carbocycles. The van der Waals surface area contributed by atoms with Crippen molar-refractivity contribution in [2.24, 2.45) is 0 Å². The Labute approximate surface area is 104 Å². The van der Waals surface area contributed by atoms with Gasteiger partial charge in [-0.1, -0.05) is 35.3 Å². The van der Waals surface area contributed by atoms with Gasteiger partial charge in [0, 0.05) is 10.9 Å². The van der Waals surface area contributed by atoms with Gasteiger partial charge in [-0.05, 0) is 12.1 Å². The molecule has 2 heterocycles. The van der Waals surface area contributed by atoms with E-state index in [-0.39, 0.29) is 10.9 Å². The summed E-state index contributed by atoms with van der Waals surface area (Å²) in [5, 5.41) is 13.0. The molecule has 1 aliphatic rings. The van der Waals surface area contributed by atoms with E-state index in [0.29, 0.717) is 14.1 Å². The lowest BCUT2D eigenvalue weighted by atomic mass is 10.4. The molecule has 0 atom stereocenters. The van der Waals surface area contributed by atoms with Crippen LogP contribution in [0, 0.1) is 10.1 Å². The monoisotopic (exact) mass is 272 g/mol. The van der Waals surface area contributed by atoms with E-state index in [0.717, 1.165) is 23.1 Å². The maximum Gasteiger partial charge on any atom is 0.324 e. The quantitative estimate of drug-likeness (QED) is 0.386. The minimum Gasteiger partial charge on any atom is -0.307 e. The van der Waals surface area contributed by atoms with Crippen LogP contribution < -0.4 is 5.32 Å². The van der Waals surface area contributed by atoms with Gasteiger partial charge in [-0.2, -0.15) is 0 Å². The van der Waals surface area contributed by atoms with Crippen molar-refractivity contribution >= 4 is 56.6 Å². The lowest BCUT2D eigenvalue weighted by Crippen LogP contribution is -2.17. The number of nitro groups is 1. The predicted octanol–water partition coefficient (Wildman–Crippen LogP) is 2.15. The van der Waals surface area contributed by atoms with Crippen LogP contribution in [-0.2, 0) is 4.79 Å². The highest BCUT2D eigenvalue weighted by atomic mass is 32.2. The number of nitrogens with one attached hydrogen (secondary N) is 1. The van der Waals surface area contributed by atoms with E-state index in [9.17, 15) is 14.9 Å². The molecule has 1 aliphatic heterocycles. The van der Waals surface area contributed by atoms with E-state index < -0.39 is 4.92 Å². The van der Waals surface area contributed by atoms with Crippen molar-refractivity contribution in [1.82, 2.24) is 5.32 Å². The topological polar surface area (TPSA) is 72.2 Å². The summed E-state index contributed by atoms with van der Waals surface area (Å²) in [6.07, 6.45) is 1.59. The fourth-order valence-electron chi connectivity index (χ4n) is 1.07. The zero-order valence-electron chi connectivity index (χ0n) is 7.63. The van der Waals surface area contributed by atoms with Crippen LogP contribution in [-0.4, -0.2) is 15.2 Å². The first-order valence-electron chi connectivity index (χ1n) is 4.05. The highest BCUT2D eigenvalue weighted by Crippen LogP contribution is 2.30. The Morgan fingerprint density at radius 1 is 1.50 bits per heavy atom. The standard InChI is InChI=1S/C8H4N2O3S3/c11-7-5(16-8(14)9-7)3-4-1-2-6(15-4)10(12)13/h1-3H,(H,9,11,14)/b5-3+. The summed E-state index contributed by atoms with van der Waals surface area (Å²) in [5.74, 6) is -0.258. The summed E-state index contributed by atoms with van der Waals surface area (Å²) in [6.45, 7) is 0. The minimum absolute atomic E-state index is 0.0535. The van der Waals surface area contributed by atoms with Crippen molar-refractivity contribution in [2.75, 3.05) is 0 Å². The highest BCUT2D eigenvalue weighted by molar-refractivity contribution is 8.26. The zero-order valence-corrected chi connectivity index (χ0v) is 10.1. The molecule has 0 aliphatic carbocycles. The Morgan fingerprint density at radius 2 is 2.25 bits per heavy atom. The van der Waals surface area contributed by atoms with E-state index in [1.54, 1.807) is 12.1 Å². The summed E-state index contributed by atoms with van der Waals surface area (Å²) in [6, 6.07) is 3.01. The van der Waals surface area contributed by atoms with Gasteiger partial charge in [0.25, 0.3) is 5.91 Å². The lowest BCUT2D eigenvalue weighted by molar-refractivity contribution is -0.380. The molecular weight excluding hydrogens is 268 g/mol. The van der Waals surface area contributed by atoms with Crippen LogP contribution in [0.15, 0.2) is 17.0 Å². The lowest BCUT2D eigenvalue weighted by Gasteiger charge is -1.88. The number of thiocarbonyl (C=S) groups is 1. The molecule has 1 aromatic rings. The van der Waals surface area contributed by atoms with Crippen LogP contribution in [0.4, 0.5) is 5.00 Å². The molecule has 0 radical (unpaired) electrons. The molecule has 16 heavy (non-hydrogen) atoms. The Morgan fingerprint density at radius 3 is 2.75 bits per heavy atom. The molecule has 82 valence electrons. The minimum atomic E-state index is -0.459. The largest absolute Gasteiger partial charge is 0.324 e. The number of thioether (sulfide) groups is 1. The maximum absolute atomic E-state index is 11.3. The normalized spacial score (nSPS) is 17.9. The van der Waals surface area contributed by atoms with Crippen LogP contribution in [0.25, 0.3) is 6.08 Å². The number of rotatable bonds is 2. The molecule has 1 fully saturated rings. The van der Waals surface area contributed by atoms with Gasteiger partial charge in [0.1, 0.15) is 4.32 Å². The fraction of sp³-hybridized carbons (Fsp3) is 0. The second-order valence-corrected chi connectivity index (χ2v) is 5.60. The van der Waals surface area contributed by atoms with Gasteiger partial charge in [-0.15, -0.1) is 0 Å². The first kappa shape index (κ1) is 11.2. The summed E-state index contributed by atoms with van der Waals surface area (Å²) < 4.78 is 0.405. The molecule has 1 amide bonds. The summed E-state index contributed by atoms with van der Waals surface area (Å²) in [4.78, 5) is 22.4. The molecule has 0 bridgehead atoms. The number of carbonyl (C=O) groups excluding carboxylic acids is 1. The van der Waals surface area contributed by atoms with Gasteiger partial charge in [0.2, 0.25) is 0 Å². The van der Waals surface area contributed by atoms with Gasteiger partial charge >= 0.3 is 5.00 Å². The molecular formula is C8H4N2O3S3. The van der Waals surface area contributed by atoms with E-state index in [1.165, 1.54) is 6.07 Å². The SMILES string of the molecule is O=C1NC(=S)S/C1=C/c1ccc([N+](=O)[O-])s1. The van der Waals surface area contributed by atoms with E-state index in [1.807, 2.05) is 0 Å². The molecule has 0 aromatic carbocycles. The number of amides is 1. The molecule has 2 rings (SSSR count). The van der Waals surface area contributed by atoms with Crippen molar-refractivity contribution in [3.8, 4) is 0 Å². The van der Waals surface area contributed by atoms with Crippen LogP contribution in [0.1, 0.15) is 4.88 Å². The zero-order chi connectivity index (χ0) is 11.7. The molecule has 0 spiro atoms. The Hall–Kier alpha value is -1.25. The van der Waals surface area contributed by atoms with Crippen molar-refractivity contribution < 1.29 is 9.72 Å². The summed E-state index contributed by atoms with van der Waals surface area (Å²) in [5.41, 5.74) is 0. The maximum atomic E-state index is 11.3. The van der Waals surface area contributed by atoms with Gasteiger partial charge < -0.3 is 5.32 Å². The average Bonchev–Trinajstić information content (AvgIpc) is 2.75. The highest BCUT2D eigenvalue weighted by Gasteiger charge is 2.22. The third kappa shape index (κ3) is 2.29. The number of hydrogen-bond donors (Lipinski definition) is 1. The van der Waals surface area contributed by atoms with Crippen LogP contribution in [0.5, 0.6) is 0 Å². The number of thiophene rings is 1. The van der Waals surface area contributed by atoms with E-state index in [2.05, 4.69) is 5.32 Å². The van der Waals surface area contributed by atoms with Crippen LogP contribution in [0.2, 0.25) is 0 Å². The predicted molar refractivity (Wildman–Crippen MR) is 67.3 cm³/mol. The van der Waals surface area contributed by atoms with Gasteiger partial charge in [-0.3, -0.25) is 14.9 Å². The Kier molecular flexibility index (Phi) is 3.03. The summed E-state index contributed by atoms with van der Waals surface area (Å²) >= 11 is 7.00. The molecule has 5 nitrogen and oxygen atoms in total. The first-order chi connectivity index (χ1) is 7.56. The second-order valence-electron chi connectivity index (χ2n) is 2.79. The Bertz CT molecular complexity index is 520. The Balaban J connectivity index is 2.26. The third-order valence-corrected chi connectivity index (χ3v) is 3.85. The van der Waals surface area contributed by atoms with Gasteiger partial charge in [-0.25, -0.2) is 0 Å². The molecule has 8 heteroatoms. The van der Waals surface area contributed by atoms with Crippen molar-refractivity contribution in [3.05, 3.63) is 32.0 Å². The van der Waals surface area contributed by atoms with Crippen molar-refractivity contribution in [2.45, 2.75) is 0 Å². The van der Waals surface area contributed by atoms with E-state index >= 15 is 0 Å². The number of hydrogen-bond acceptors (Lipinski definition) is 6. The van der Waals surface area contributed by atoms with E-state index in [4.69, 9.17) is 12.2 Å². The molecule has 1 N–H and O–H groups in total. The van der Waals surface area contributed by atoms with Crippen molar-refractivity contribution in [1.29, 1.82) is 0 Å². The molecule has 1 aromatic heterocycles. The van der Waals surface area contributed by atoms with Crippen LogP contribution >= 0.6 is 35.3 Å². The first-order valence-corrected chi connectivity index (χ1v) is 6.09. The molecule has 0 unspecified atom stereocenters. The van der Waals surface area contributed by atoms with Crippen molar-refractivity contribution in [3.63, 3.8) is 0 Å². The summed E-state index contributed by atoms with van der Waals surface area (Å²) in [7, 11) is 0. The second kappa shape index (κ2) is 4.32. The number of nitrogens with zero attached hydrogens (tertiary/aromatic N) is 1. The fourth-order valence-corrected chi connectivity index (χ4v) is 2.94.